The third-order valence-corrected chi connectivity index (χ3v) is 6.12. The second kappa shape index (κ2) is 8.80. The van der Waals surface area contributed by atoms with Crippen LogP contribution >= 0.6 is 11.6 Å². The Morgan fingerprint density at radius 1 is 1.17 bits per heavy atom. The molecule has 1 fully saturated rings. The largest absolute Gasteiger partial charge is 0.484 e. The molecule has 3 rings (SSSR count). The Morgan fingerprint density at radius 2 is 1.77 bits per heavy atom. The number of hydrogen-bond acceptors (Lipinski definition) is 4. The van der Waals surface area contributed by atoms with Crippen molar-refractivity contribution in [3.8, 4) is 5.75 Å². The molecule has 1 saturated heterocycles. The number of rotatable bonds is 4. The Bertz CT molecular complexity index is 963. The van der Waals surface area contributed by atoms with E-state index < -0.39 is 0 Å². The number of carbonyl (C=O) groups is 1. The number of carbonyl (C=O) groups excluding carboxylic acids is 1. The summed E-state index contributed by atoms with van der Waals surface area (Å²) in [6.07, 6.45) is 1.40. The predicted molar refractivity (Wildman–Crippen MR) is 118 cm³/mol. The Labute approximate surface area is 182 Å². The fraction of sp³-hybridized carbons (Fsp3) is 0.522. The number of ether oxygens (including phenoxy) is 1. The maximum Gasteiger partial charge on any atom is 0.267 e. The van der Waals surface area contributed by atoms with Crippen LogP contribution in [0.4, 0.5) is 0 Å². The van der Waals surface area contributed by atoms with Crippen molar-refractivity contribution in [3.63, 3.8) is 0 Å². The highest BCUT2D eigenvalue weighted by Gasteiger charge is 2.26. The maximum atomic E-state index is 12.6. The lowest BCUT2D eigenvalue weighted by atomic mass is 9.92. The molecule has 6 nitrogen and oxygen atoms in total. The Balaban J connectivity index is 1.59. The molecule has 0 radical (unpaired) electrons. The Hall–Kier alpha value is -2.34. The van der Waals surface area contributed by atoms with Crippen LogP contribution in [0.15, 0.2) is 29.1 Å². The van der Waals surface area contributed by atoms with Crippen molar-refractivity contribution in [3.05, 3.63) is 56.5 Å². The summed E-state index contributed by atoms with van der Waals surface area (Å²) >= 11 is 6.18. The topological polar surface area (TPSA) is 64.4 Å². The number of likely N-dealkylation sites (tertiary alicyclic amines) is 1. The van der Waals surface area contributed by atoms with Gasteiger partial charge in [0.1, 0.15) is 5.75 Å². The average molecular weight is 432 g/mol. The molecule has 1 amide bonds. The molecule has 0 saturated carbocycles. The highest BCUT2D eigenvalue weighted by atomic mass is 35.5. The van der Waals surface area contributed by atoms with Crippen molar-refractivity contribution in [2.24, 2.45) is 0 Å². The van der Waals surface area contributed by atoms with Crippen LogP contribution in [0, 0.1) is 13.8 Å². The van der Waals surface area contributed by atoms with E-state index in [0.29, 0.717) is 31.7 Å². The quantitative estimate of drug-likeness (QED) is 0.732. The minimum Gasteiger partial charge on any atom is -0.484 e. The normalized spacial score (nSPS) is 15.3. The van der Waals surface area contributed by atoms with E-state index >= 15 is 0 Å². The van der Waals surface area contributed by atoms with Gasteiger partial charge in [0.05, 0.1) is 11.7 Å². The van der Waals surface area contributed by atoms with Gasteiger partial charge in [-0.3, -0.25) is 9.59 Å². The number of nitrogens with zero attached hydrogens (tertiary/aromatic N) is 3. The molecule has 1 aliphatic rings. The van der Waals surface area contributed by atoms with Gasteiger partial charge in [0.2, 0.25) is 0 Å². The van der Waals surface area contributed by atoms with Crippen molar-refractivity contribution in [1.29, 1.82) is 0 Å². The second-order valence-corrected chi connectivity index (χ2v) is 9.40. The number of amides is 1. The van der Waals surface area contributed by atoms with Gasteiger partial charge in [-0.05, 0) is 56.0 Å². The fourth-order valence-electron chi connectivity index (χ4n) is 3.67. The van der Waals surface area contributed by atoms with E-state index in [1.807, 2.05) is 26.0 Å². The molecule has 0 aliphatic carbocycles. The molecule has 30 heavy (non-hydrogen) atoms. The minimum absolute atomic E-state index is 0.00586. The van der Waals surface area contributed by atoms with Crippen LogP contribution in [0.5, 0.6) is 5.75 Å². The molecule has 0 spiro atoms. The van der Waals surface area contributed by atoms with Gasteiger partial charge >= 0.3 is 0 Å². The lowest BCUT2D eigenvalue weighted by Gasteiger charge is -2.32. The number of aromatic nitrogens is 2. The molecule has 2 heterocycles. The van der Waals surface area contributed by atoms with Crippen LogP contribution in [-0.4, -0.2) is 40.3 Å². The summed E-state index contributed by atoms with van der Waals surface area (Å²) in [7, 11) is 0. The highest BCUT2D eigenvalue weighted by Crippen LogP contribution is 2.26. The molecule has 1 aliphatic heterocycles. The first kappa shape index (κ1) is 22.3. The number of hydrogen-bond donors (Lipinski definition) is 0. The highest BCUT2D eigenvalue weighted by molar-refractivity contribution is 6.32. The maximum absolute atomic E-state index is 12.6. The number of piperidine rings is 1. The summed E-state index contributed by atoms with van der Waals surface area (Å²) in [5, 5.41) is 5.32. The fourth-order valence-corrected chi connectivity index (χ4v) is 3.78. The molecular weight excluding hydrogens is 402 g/mol. The number of halogens is 1. The zero-order valence-electron chi connectivity index (χ0n) is 18.4. The minimum atomic E-state index is -0.123. The van der Waals surface area contributed by atoms with Crippen LogP contribution in [0.1, 0.15) is 56.5 Å². The van der Waals surface area contributed by atoms with Crippen molar-refractivity contribution in [2.75, 3.05) is 19.7 Å². The van der Waals surface area contributed by atoms with Crippen LogP contribution in [0.25, 0.3) is 0 Å². The first-order chi connectivity index (χ1) is 14.1. The average Bonchev–Trinajstić information content (AvgIpc) is 2.69. The summed E-state index contributed by atoms with van der Waals surface area (Å²) in [6.45, 7) is 11.2. The third-order valence-electron chi connectivity index (χ3n) is 5.53. The number of benzene rings is 1. The second-order valence-electron chi connectivity index (χ2n) is 9.02. The van der Waals surface area contributed by atoms with E-state index in [4.69, 9.17) is 16.3 Å². The molecule has 1 aromatic heterocycles. The van der Waals surface area contributed by atoms with Crippen LogP contribution in [0.2, 0.25) is 5.02 Å². The van der Waals surface area contributed by atoms with E-state index in [1.165, 1.54) is 0 Å². The van der Waals surface area contributed by atoms with Crippen molar-refractivity contribution >= 4 is 17.5 Å². The van der Waals surface area contributed by atoms with Crippen molar-refractivity contribution in [1.82, 2.24) is 14.7 Å². The lowest BCUT2D eigenvalue weighted by molar-refractivity contribution is -0.134. The van der Waals surface area contributed by atoms with Gasteiger partial charge in [-0.25, -0.2) is 4.68 Å². The molecule has 0 unspecified atom stereocenters. The van der Waals surface area contributed by atoms with E-state index in [0.717, 1.165) is 21.8 Å². The first-order valence-electron chi connectivity index (χ1n) is 10.3. The summed E-state index contributed by atoms with van der Waals surface area (Å²) in [5.41, 5.74) is 2.53. The molecule has 0 atom stereocenters. The van der Waals surface area contributed by atoms with E-state index in [1.54, 1.807) is 21.7 Å². The van der Waals surface area contributed by atoms with Gasteiger partial charge < -0.3 is 9.64 Å². The Morgan fingerprint density at radius 3 is 2.33 bits per heavy atom. The molecule has 0 N–H and O–H groups in total. The standard InChI is InChI=1S/C23H30ClN3O3/c1-15-12-18(13-16(2)22(15)24)30-14-21(29)26-10-8-17(9-11-26)27-20(28)7-6-19(25-27)23(3,4)5/h6-7,12-13,17H,8-11,14H2,1-5H3. The predicted octanol–water partition coefficient (Wildman–Crippen LogP) is 4.05. The first-order valence-corrected chi connectivity index (χ1v) is 10.7. The van der Waals surface area contributed by atoms with Crippen molar-refractivity contribution < 1.29 is 9.53 Å². The van der Waals surface area contributed by atoms with E-state index in [2.05, 4.69) is 25.9 Å². The summed E-state index contributed by atoms with van der Waals surface area (Å²) in [5.74, 6) is 0.592. The van der Waals surface area contributed by atoms with Gasteiger partial charge in [-0.1, -0.05) is 32.4 Å². The van der Waals surface area contributed by atoms with Gasteiger partial charge in [0.25, 0.3) is 11.5 Å². The summed E-state index contributed by atoms with van der Waals surface area (Å²) in [6, 6.07) is 7.08. The van der Waals surface area contributed by atoms with Gasteiger partial charge in [-0.15, -0.1) is 0 Å². The molecule has 1 aromatic carbocycles. The molecule has 7 heteroatoms. The molecule has 2 aromatic rings. The van der Waals surface area contributed by atoms with Crippen LogP contribution < -0.4 is 10.3 Å². The zero-order valence-corrected chi connectivity index (χ0v) is 19.1. The van der Waals surface area contributed by atoms with Gasteiger partial charge in [0.15, 0.2) is 6.61 Å². The SMILES string of the molecule is Cc1cc(OCC(=O)N2CCC(n3nc(C(C)(C)C)ccc3=O)CC2)cc(C)c1Cl. The van der Waals surface area contributed by atoms with Crippen LogP contribution in [0.3, 0.4) is 0 Å². The zero-order chi connectivity index (χ0) is 22.1. The molecular formula is C23H30ClN3O3. The third kappa shape index (κ3) is 5.04. The van der Waals surface area contributed by atoms with Gasteiger partial charge in [0, 0.05) is 29.6 Å². The summed E-state index contributed by atoms with van der Waals surface area (Å²) in [4.78, 5) is 26.7. The van der Waals surface area contributed by atoms with Gasteiger partial charge in [-0.2, -0.15) is 5.10 Å². The monoisotopic (exact) mass is 431 g/mol. The Kier molecular flexibility index (Phi) is 6.56. The molecule has 0 bridgehead atoms. The summed E-state index contributed by atoms with van der Waals surface area (Å²) < 4.78 is 7.30. The van der Waals surface area contributed by atoms with Crippen molar-refractivity contribution in [2.45, 2.75) is 58.9 Å². The smallest absolute Gasteiger partial charge is 0.267 e. The number of aryl methyl sites for hydroxylation is 2. The molecule has 162 valence electrons. The van der Waals surface area contributed by atoms with E-state index in [-0.39, 0.29) is 29.5 Å². The lowest BCUT2D eigenvalue weighted by Crippen LogP contribution is -2.43. The van der Waals surface area contributed by atoms with Crippen LogP contribution in [-0.2, 0) is 10.2 Å². The van der Waals surface area contributed by atoms with E-state index in [9.17, 15) is 9.59 Å².